The maximum absolute atomic E-state index is 11.2. The molecule has 2 rings (SSSR count). The summed E-state index contributed by atoms with van der Waals surface area (Å²) in [5, 5.41) is 0. The van der Waals surface area contributed by atoms with Crippen molar-refractivity contribution in [3.8, 4) is 0 Å². The van der Waals surface area contributed by atoms with E-state index in [1.54, 1.807) is 0 Å². The molecule has 1 aliphatic heterocycles. The van der Waals surface area contributed by atoms with Gasteiger partial charge >= 0.3 is 0 Å². The van der Waals surface area contributed by atoms with E-state index in [2.05, 4.69) is 4.99 Å². The largest absolute Gasteiger partial charge is 0.366 e. The van der Waals surface area contributed by atoms with E-state index < -0.39 is 0 Å². The highest BCUT2D eigenvalue weighted by molar-refractivity contribution is 6.03. The molecule has 3 heteroatoms. The minimum Gasteiger partial charge on any atom is -0.366 e. The third-order valence-electron chi connectivity index (χ3n) is 2.46. The SMILES string of the molecule is NC(=O)C1=C(c2ccccc2)CC=NC1. The van der Waals surface area contributed by atoms with E-state index in [-0.39, 0.29) is 5.91 Å². The molecule has 1 aliphatic rings. The maximum atomic E-state index is 11.2. The van der Waals surface area contributed by atoms with Gasteiger partial charge in [0, 0.05) is 18.2 Å². The van der Waals surface area contributed by atoms with Gasteiger partial charge in [0.2, 0.25) is 5.91 Å². The third-order valence-corrected chi connectivity index (χ3v) is 2.46. The first-order chi connectivity index (χ1) is 7.29. The Kier molecular flexibility index (Phi) is 2.63. The first-order valence-electron chi connectivity index (χ1n) is 4.84. The summed E-state index contributed by atoms with van der Waals surface area (Å²) in [4.78, 5) is 15.3. The van der Waals surface area contributed by atoms with Crippen molar-refractivity contribution in [1.82, 2.24) is 0 Å². The molecule has 0 radical (unpaired) electrons. The molecule has 0 spiro atoms. The zero-order chi connectivity index (χ0) is 10.7. The monoisotopic (exact) mass is 200 g/mol. The average molecular weight is 200 g/mol. The quantitative estimate of drug-likeness (QED) is 0.770. The minimum atomic E-state index is -0.370. The number of aliphatic imine (C=N–C) groups is 1. The highest BCUT2D eigenvalue weighted by Crippen LogP contribution is 2.23. The van der Waals surface area contributed by atoms with Crippen LogP contribution < -0.4 is 5.73 Å². The van der Waals surface area contributed by atoms with Crippen LogP contribution in [0, 0.1) is 0 Å². The van der Waals surface area contributed by atoms with Crippen LogP contribution in [0.1, 0.15) is 12.0 Å². The van der Waals surface area contributed by atoms with Crippen molar-refractivity contribution >= 4 is 17.7 Å². The molecule has 0 unspecified atom stereocenters. The van der Waals surface area contributed by atoms with Crippen LogP contribution in [0.3, 0.4) is 0 Å². The fourth-order valence-electron chi connectivity index (χ4n) is 1.69. The van der Waals surface area contributed by atoms with E-state index in [0.29, 0.717) is 18.5 Å². The van der Waals surface area contributed by atoms with Crippen molar-refractivity contribution < 1.29 is 4.79 Å². The van der Waals surface area contributed by atoms with E-state index in [1.165, 1.54) is 0 Å². The van der Waals surface area contributed by atoms with Crippen LogP contribution in [0.15, 0.2) is 40.9 Å². The van der Waals surface area contributed by atoms with Gasteiger partial charge in [-0.2, -0.15) is 0 Å². The lowest BCUT2D eigenvalue weighted by atomic mass is 9.95. The van der Waals surface area contributed by atoms with Gasteiger partial charge in [-0.25, -0.2) is 0 Å². The van der Waals surface area contributed by atoms with Crippen molar-refractivity contribution in [2.75, 3.05) is 6.54 Å². The van der Waals surface area contributed by atoms with Crippen LogP contribution >= 0.6 is 0 Å². The zero-order valence-corrected chi connectivity index (χ0v) is 8.31. The molecule has 2 N–H and O–H groups in total. The Hall–Kier alpha value is -1.90. The lowest BCUT2D eigenvalue weighted by molar-refractivity contribution is -0.114. The number of carbonyl (C=O) groups excluding carboxylic acids is 1. The van der Waals surface area contributed by atoms with Crippen molar-refractivity contribution in [3.63, 3.8) is 0 Å². The number of rotatable bonds is 2. The highest BCUT2D eigenvalue weighted by Gasteiger charge is 2.15. The summed E-state index contributed by atoms with van der Waals surface area (Å²) in [5.41, 5.74) is 8.00. The number of nitrogens with two attached hydrogens (primary N) is 1. The predicted molar refractivity (Wildman–Crippen MR) is 60.5 cm³/mol. The van der Waals surface area contributed by atoms with E-state index in [0.717, 1.165) is 11.1 Å². The zero-order valence-electron chi connectivity index (χ0n) is 8.31. The lowest BCUT2D eigenvalue weighted by Crippen LogP contribution is -2.19. The van der Waals surface area contributed by atoms with E-state index in [1.807, 2.05) is 36.5 Å². The highest BCUT2D eigenvalue weighted by atomic mass is 16.1. The fraction of sp³-hybridized carbons (Fsp3) is 0.167. The molecule has 1 aromatic carbocycles. The Morgan fingerprint density at radius 3 is 2.67 bits per heavy atom. The Labute approximate surface area is 88.3 Å². The molecular formula is C12H12N2O. The van der Waals surface area contributed by atoms with Crippen molar-refractivity contribution in [2.24, 2.45) is 10.7 Å². The normalized spacial score (nSPS) is 15.5. The Morgan fingerprint density at radius 2 is 2.00 bits per heavy atom. The van der Waals surface area contributed by atoms with Crippen LogP contribution in [0.4, 0.5) is 0 Å². The lowest BCUT2D eigenvalue weighted by Gasteiger charge is -2.13. The smallest absolute Gasteiger partial charge is 0.246 e. The van der Waals surface area contributed by atoms with Crippen molar-refractivity contribution in [1.29, 1.82) is 0 Å². The van der Waals surface area contributed by atoms with Gasteiger partial charge in [-0.3, -0.25) is 9.79 Å². The van der Waals surface area contributed by atoms with Crippen LogP contribution in [0.2, 0.25) is 0 Å². The number of nitrogens with zero attached hydrogens (tertiary/aromatic N) is 1. The van der Waals surface area contributed by atoms with Gasteiger partial charge in [0.1, 0.15) is 0 Å². The molecule has 0 bridgehead atoms. The first-order valence-corrected chi connectivity index (χ1v) is 4.84. The topological polar surface area (TPSA) is 55.5 Å². The summed E-state index contributed by atoms with van der Waals surface area (Å²) in [6.07, 6.45) is 2.51. The molecule has 3 nitrogen and oxygen atoms in total. The summed E-state index contributed by atoms with van der Waals surface area (Å²) in [7, 11) is 0. The molecule has 1 heterocycles. The van der Waals surface area contributed by atoms with Gasteiger partial charge < -0.3 is 5.73 Å². The maximum Gasteiger partial charge on any atom is 0.246 e. The molecule has 0 saturated heterocycles. The number of amides is 1. The molecule has 0 saturated carbocycles. The standard InChI is InChI=1S/C12H12N2O/c13-12(15)11-8-14-7-6-10(11)9-4-2-1-3-5-9/h1-5,7H,6,8H2,(H2,13,15). The molecule has 0 fully saturated rings. The molecule has 1 amide bonds. The molecule has 76 valence electrons. The van der Waals surface area contributed by atoms with Gasteiger partial charge in [0.15, 0.2) is 0 Å². The number of allylic oxidation sites excluding steroid dienone is 1. The number of carbonyl (C=O) groups is 1. The molecule has 0 aromatic heterocycles. The molecule has 1 aromatic rings. The summed E-state index contributed by atoms with van der Waals surface area (Å²) < 4.78 is 0. The predicted octanol–water partition coefficient (Wildman–Crippen LogP) is 1.40. The second kappa shape index (κ2) is 4.09. The van der Waals surface area contributed by atoms with Crippen LogP contribution in [0.5, 0.6) is 0 Å². The van der Waals surface area contributed by atoms with Crippen LogP contribution in [0.25, 0.3) is 5.57 Å². The van der Waals surface area contributed by atoms with Gasteiger partial charge in [-0.15, -0.1) is 0 Å². The van der Waals surface area contributed by atoms with Crippen LogP contribution in [-0.2, 0) is 4.79 Å². The number of hydrogen-bond donors (Lipinski definition) is 1. The summed E-state index contributed by atoms with van der Waals surface area (Å²) in [6.45, 7) is 0.402. The Bertz CT molecular complexity index is 432. The number of dihydropyridines is 1. The van der Waals surface area contributed by atoms with E-state index in [4.69, 9.17) is 5.73 Å². The van der Waals surface area contributed by atoms with Gasteiger partial charge in [0.05, 0.1) is 6.54 Å². The van der Waals surface area contributed by atoms with Gasteiger partial charge in [-0.1, -0.05) is 30.3 Å². The van der Waals surface area contributed by atoms with Crippen LogP contribution in [-0.4, -0.2) is 18.7 Å². The van der Waals surface area contributed by atoms with Gasteiger partial charge in [-0.05, 0) is 11.1 Å². The average Bonchev–Trinajstić information content (AvgIpc) is 2.30. The molecule has 0 aliphatic carbocycles. The van der Waals surface area contributed by atoms with Gasteiger partial charge in [0.25, 0.3) is 0 Å². The Balaban J connectivity index is 2.45. The van der Waals surface area contributed by atoms with E-state index >= 15 is 0 Å². The first kappa shape index (κ1) is 9.65. The number of benzene rings is 1. The molecule has 0 atom stereocenters. The van der Waals surface area contributed by atoms with Crippen molar-refractivity contribution in [2.45, 2.75) is 6.42 Å². The summed E-state index contributed by atoms with van der Waals surface area (Å²) in [5.74, 6) is -0.370. The summed E-state index contributed by atoms with van der Waals surface area (Å²) >= 11 is 0. The van der Waals surface area contributed by atoms with Crippen molar-refractivity contribution in [3.05, 3.63) is 41.5 Å². The Morgan fingerprint density at radius 1 is 1.27 bits per heavy atom. The molecule has 15 heavy (non-hydrogen) atoms. The fourth-order valence-corrected chi connectivity index (χ4v) is 1.69. The second-order valence-corrected chi connectivity index (χ2v) is 3.41. The third kappa shape index (κ3) is 1.96. The molecular weight excluding hydrogens is 188 g/mol. The summed E-state index contributed by atoms with van der Waals surface area (Å²) in [6, 6.07) is 9.82. The number of primary amides is 1. The second-order valence-electron chi connectivity index (χ2n) is 3.41. The minimum absolute atomic E-state index is 0.370. The number of hydrogen-bond acceptors (Lipinski definition) is 2. The van der Waals surface area contributed by atoms with E-state index in [9.17, 15) is 4.79 Å².